The molecule has 7 heteroatoms. The topological polar surface area (TPSA) is 79.7 Å². The van der Waals surface area contributed by atoms with Gasteiger partial charge < -0.3 is 14.7 Å². The van der Waals surface area contributed by atoms with E-state index in [1.807, 2.05) is 0 Å². The maximum absolute atomic E-state index is 13.3. The van der Waals surface area contributed by atoms with Gasteiger partial charge in [0.2, 0.25) is 0 Å². The number of halogens is 1. The number of ether oxygens (including phenoxy) is 1. The maximum Gasteiger partial charge on any atom is 0.334 e. The van der Waals surface area contributed by atoms with E-state index in [1.165, 1.54) is 17.0 Å². The van der Waals surface area contributed by atoms with Crippen molar-refractivity contribution >= 4 is 22.8 Å². The first-order valence-electron chi connectivity index (χ1n) is 7.16. The number of carbonyl (C=O) groups excluding carboxylic acids is 1. The number of carbonyl (C=O) groups is 2. The monoisotopic (exact) mass is 318 g/mol. The number of morpholine rings is 1. The molecule has 0 saturated carbocycles. The molecule has 2 aromatic rings. The zero-order valence-electron chi connectivity index (χ0n) is 12.5. The van der Waals surface area contributed by atoms with Crippen molar-refractivity contribution < 1.29 is 23.8 Å². The Morgan fingerprint density at radius 1 is 1.39 bits per heavy atom. The molecule has 1 aliphatic rings. The van der Waals surface area contributed by atoms with Gasteiger partial charge in [0.05, 0.1) is 29.9 Å². The van der Waals surface area contributed by atoms with E-state index in [1.54, 1.807) is 19.1 Å². The number of pyridine rings is 1. The summed E-state index contributed by atoms with van der Waals surface area (Å²) in [7, 11) is 0. The Labute approximate surface area is 131 Å². The van der Waals surface area contributed by atoms with Crippen molar-refractivity contribution in [2.24, 2.45) is 0 Å². The van der Waals surface area contributed by atoms with E-state index in [2.05, 4.69) is 4.98 Å². The number of aliphatic carboxylic acids is 1. The molecular weight excluding hydrogens is 303 g/mol. The minimum absolute atomic E-state index is 0.00490. The van der Waals surface area contributed by atoms with Crippen molar-refractivity contribution in [3.05, 3.63) is 41.3 Å². The van der Waals surface area contributed by atoms with E-state index in [0.717, 1.165) is 0 Å². The number of nitrogens with zero attached hydrogens (tertiary/aromatic N) is 2. The molecule has 1 amide bonds. The molecule has 0 bridgehead atoms. The van der Waals surface area contributed by atoms with Crippen LogP contribution in [-0.4, -0.2) is 52.7 Å². The van der Waals surface area contributed by atoms with Gasteiger partial charge in [-0.25, -0.2) is 9.18 Å². The Morgan fingerprint density at radius 3 is 2.91 bits per heavy atom. The van der Waals surface area contributed by atoms with Crippen LogP contribution in [0.1, 0.15) is 16.1 Å². The molecule has 0 radical (unpaired) electrons. The summed E-state index contributed by atoms with van der Waals surface area (Å²) >= 11 is 0. The zero-order chi connectivity index (χ0) is 16.6. The number of aromatic nitrogens is 1. The summed E-state index contributed by atoms with van der Waals surface area (Å²) in [6.45, 7) is 2.17. The summed E-state index contributed by atoms with van der Waals surface area (Å²) in [4.78, 5) is 29.4. The Hall–Kier alpha value is -2.54. The third kappa shape index (κ3) is 3.00. The summed E-state index contributed by atoms with van der Waals surface area (Å²) in [5.74, 6) is -1.77. The highest BCUT2D eigenvalue weighted by molar-refractivity contribution is 5.99. The molecule has 1 aromatic heterocycles. The average molecular weight is 318 g/mol. The predicted molar refractivity (Wildman–Crippen MR) is 79.7 cm³/mol. The van der Waals surface area contributed by atoms with Crippen LogP contribution in [0.25, 0.3) is 10.9 Å². The summed E-state index contributed by atoms with van der Waals surface area (Å²) in [5.41, 5.74) is 1.34. The van der Waals surface area contributed by atoms with Crippen molar-refractivity contribution in [1.29, 1.82) is 0 Å². The van der Waals surface area contributed by atoms with Crippen LogP contribution in [0.4, 0.5) is 4.39 Å². The minimum atomic E-state index is -1.09. The summed E-state index contributed by atoms with van der Waals surface area (Å²) < 4.78 is 18.4. The Morgan fingerprint density at radius 2 is 2.17 bits per heavy atom. The lowest BCUT2D eigenvalue weighted by Crippen LogP contribution is -2.48. The minimum Gasteiger partial charge on any atom is -0.479 e. The van der Waals surface area contributed by atoms with E-state index in [9.17, 15) is 14.0 Å². The molecule has 1 atom stereocenters. The van der Waals surface area contributed by atoms with Crippen LogP contribution >= 0.6 is 0 Å². The van der Waals surface area contributed by atoms with Gasteiger partial charge in [-0.2, -0.15) is 0 Å². The van der Waals surface area contributed by atoms with Crippen LogP contribution in [0, 0.1) is 12.7 Å². The smallest absolute Gasteiger partial charge is 0.334 e. The lowest BCUT2D eigenvalue weighted by Gasteiger charge is -2.31. The molecule has 0 spiro atoms. The fourth-order valence-electron chi connectivity index (χ4n) is 2.61. The van der Waals surface area contributed by atoms with Gasteiger partial charge in [0.15, 0.2) is 6.10 Å². The molecule has 1 aromatic carbocycles. The van der Waals surface area contributed by atoms with Gasteiger partial charge in [-0.15, -0.1) is 0 Å². The molecule has 2 heterocycles. The predicted octanol–water partition coefficient (Wildman–Crippen LogP) is 1.61. The van der Waals surface area contributed by atoms with Crippen LogP contribution in [0.5, 0.6) is 0 Å². The Bertz CT molecular complexity index is 793. The van der Waals surface area contributed by atoms with Gasteiger partial charge >= 0.3 is 5.97 Å². The second-order valence-corrected chi connectivity index (χ2v) is 5.41. The van der Waals surface area contributed by atoms with E-state index >= 15 is 0 Å². The average Bonchev–Trinajstić information content (AvgIpc) is 2.53. The second kappa shape index (κ2) is 5.92. The fraction of sp³-hybridized carbons (Fsp3) is 0.312. The van der Waals surface area contributed by atoms with Gasteiger partial charge in [-0.3, -0.25) is 9.78 Å². The summed E-state index contributed by atoms with van der Waals surface area (Å²) in [5, 5.41) is 9.68. The summed E-state index contributed by atoms with van der Waals surface area (Å²) in [6, 6.07) is 5.84. The van der Waals surface area contributed by atoms with E-state index in [-0.39, 0.29) is 24.9 Å². The number of carboxylic acids is 1. The van der Waals surface area contributed by atoms with Crippen molar-refractivity contribution in [1.82, 2.24) is 9.88 Å². The molecule has 120 valence electrons. The van der Waals surface area contributed by atoms with Gasteiger partial charge in [-0.05, 0) is 25.1 Å². The van der Waals surface area contributed by atoms with E-state index in [4.69, 9.17) is 9.84 Å². The lowest BCUT2D eigenvalue weighted by molar-refractivity contribution is -0.154. The van der Waals surface area contributed by atoms with E-state index < -0.39 is 12.1 Å². The number of rotatable bonds is 2. The molecule has 1 N–H and O–H groups in total. The first-order chi connectivity index (χ1) is 11.0. The maximum atomic E-state index is 13.3. The molecule has 3 rings (SSSR count). The van der Waals surface area contributed by atoms with Gasteiger partial charge in [0, 0.05) is 18.0 Å². The van der Waals surface area contributed by atoms with Crippen LogP contribution in [0.15, 0.2) is 24.3 Å². The second-order valence-electron chi connectivity index (χ2n) is 5.41. The summed E-state index contributed by atoms with van der Waals surface area (Å²) in [6.07, 6.45) is -1.02. The molecule has 6 nitrogen and oxygen atoms in total. The lowest BCUT2D eigenvalue weighted by atomic mass is 10.1. The van der Waals surface area contributed by atoms with Crippen molar-refractivity contribution in [3.63, 3.8) is 0 Å². The zero-order valence-corrected chi connectivity index (χ0v) is 12.5. The number of carboxylic acid groups (broad SMARTS) is 1. The molecule has 1 unspecified atom stereocenters. The largest absolute Gasteiger partial charge is 0.479 e. The normalized spacial score (nSPS) is 18.2. The van der Waals surface area contributed by atoms with Crippen molar-refractivity contribution in [3.8, 4) is 0 Å². The van der Waals surface area contributed by atoms with E-state index in [0.29, 0.717) is 28.7 Å². The third-order valence-corrected chi connectivity index (χ3v) is 3.83. The number of aryl methyl sites for hydroxylation is 1. The van der Waals surface area contributed by atoms with Crippen molar-refractivity contribution in [2.45, 2.75) is 13.0 Å². The van der Waals surface area contributed by atoms with Crippen LogP contribution < -0.4 is 0 Å². The molecule has 1 aliphatic heterocycles. The molecule has 0 aliphatic carbocycles. The molecule has 1 saturated heterocycles. The standard InChI is InChI=1S/C16H15FN2O4/c1-9-12(6-10-2-3-11(17)7-13(10)18-9)15(20)19-4-5-23-14(8-19)16(21)22/h2-3,6-7,14H,4-5,8H2,1H3,(H,21,22). The van der Waals surface area contributed by atoms with Crippen LogP contribution in [-0.2, 0) is 9.53 Å². The van der Waals surface area contributed by atoms with Gasteiger partial charge in [0.25, 0.3) is 5.91 Å². The highest BCUT2D eigenvalue weighted by atomic mass is 19.1. The number of benzene rings is 1. The van der Waals surface area contributed by atoms with Crippen LogP contribution in [0.3, 0.4) is 0 Å². The number of fused-ring (bicyclic) bond motifs is 1. The first kappa shape index (κ1) is 15.4. The number of hydrogen-bond donors (Lipinski definition) is 1. The fourth-order valence-corrected chi connectivity index (χ4v) is 2.61. The highest BCUT2D eigenvalue weighted by Crippen LogP contribution is 2.20. The van der Waals surface area contributed by atoms with Gasteiger partial charge in [-0.1, -0.05) is 0 Å². The first-order valence-corrected chi connectivity index (χ1v) is 7.16. The molecular formula is C16H15FN2O4. The van der Waals surface area contributed by atoms with Crippen molar-refractivity contribution in [2.75, 3.05) is 19.7 Å². The highest BCUT2D eigenvalue weighted by Gasteiger charge is 2.30. The Balaban J connectivity index is 1.92. The number of amides is 1. The molecule has 23 heavy (non-hydrogen) atoms. The quantitative estimate of drug-likeness (QED) is 0.910. The third-order valence-electron chi connectivity index (χ3n) is 3.83. The van der Waals surface area contributed by atoms with Gasteiger partial charge in [0.1, 0.15) is 5.82 Å². The Kier molecular flexibility index (Phi) is 3.96. The SMILES string of the molecule is Cc1nc2cc(F)ccc2cc1C(=O)N1CCOC(C(=O)O)C1. The molecule has 1 fully saturated rings. The number of hydrogen-bond acceptors (Lipinski definition) is 4. The van der Waals surface area contributed by atoms with Crippen LogP contribution in [0.2, 0.25) is 0 Å².